The van der Waals surface area contributed by atoms with E-state index < -0.39 is 0 Å². The minimum Gasteiger partial charge on any atom is -0.501 e. The topological polar surface area (TPSA) is 26.3 Å². The zero-order valence-corrected chi connectivity index (χ0v) is 10.4. The number of Topliss-reactive ketones (excluding diaryl/α,β-unsaturated/α-hetero) is 1. The maximum absolute atomic E-state index is 12.0. The summed E-state index contributed by atoms with van der Waals surface area (Å²) in [5.74, 6) is 0.0909. The van der Waals surface area contributed by atoms with Crippen molar-refractivity contribution in [3.8, 4) is 0 Å². The first-order valence-corrected chi connectivity index (χ1v) is 5.96. The summed E-state index contributed by atoms with van der Waals surface area (Å²) >= 11 is 2.21. The van der Waals surface area contributed by atoms with Crippen LogP contribution in [0.25, 0.3) is 0 Å². The number of ketones is 1. The van der Waals surface area contributed by atoms with Crippen LogP contribution in [0.15, 0.2) is 36.1 Å². The molecule has 0 unspecified atom stereocenters. The third kappa shape index (κ3) is 2.59. The van der Waals surface area contributed by atoms with Crippen molar-refractivity contribution in [1.29, 1.82) is 0 Å². The van der Waals surface area contributed by atoms with Gasteiger partial charge in [-0.1, -0.05) is 12.1 Å². The van der Waals surface area contributed by atoms with Crippen molar-refractivity contribution in [3.05, 3.63) is 45.2 Å². The normalized spacial score (nSPS) is 15.4. The number of carbonyl (C=O) groups excluding carboxylic acids is 1. The molecule has 78 valence electrons. The fraction of sp³-hybridized carbons (Fsp3) is 0.250. The van der Waals surface area contributed by atoms with Crippen LogP contribution >= 0.6 is 22.6 Å². The van der Waals surface area contributed by atoms with Crippen LogP contribution in [0.1, 0.15) is 23.2 Å². The largest absolute Gasteiger partial charge is 0.501 e. The van der Waals surface area contributed by atoms with Crippen LogP contribution in [-0.4, -0.2) is 12.4 Å². The van der Waals surface area contributed by atoms with Crippen LogP contribution in [0, 0.1) is 3.57 Å². The molecule has 0 saturated carbocycles. The van der Waals surface area contributed by atoms with Crippen LogP contribution in [0.4, 0.5) is 0 Å². The number of hydrogen-bond acceptors (Lipinski definition) is 2. The highest BCUT2D eigenvalue weighted by molar-refractivity contribution is 14.1. The van der Waals surface area contributed by atoms with E-state index in [0.29, 0.717) is 0 Å². The first kappa shape index (κ1) is 10.7. The summed E-state index contributed by atoms with van der Waals surface area (Å²) in [4.78, 5) is 12.0. The van der Waals surface area contributed by atoms with Gasteiger partial charge in [-0.2, -0.15) is 0 Å². The molecule has 0 aliphatic carbocycles. The second kappa shape index (κ2) is 4.79. The maximum atomic E-state index is 12.0. The Bertz CT molecular complexity index is 410. The Labute approximate surface area is 102 Å². The molecule has 1 aromatic rings. The Morgan fingerprint density at radius 2 is 2.27 bits per heavy atom. The number of hydrogen-bond donors (Lipinski definition) is 0. The van der Waals surface area contributed by atoms with Crippen molar-refractivity contribution in [2.24, 2.45) is 0 Å². The van der Waals surface area contributed by atoms with Crippen LogP contribution in [-0.2, 0) is 4.74 Å². The molecule has 15 heavy (non-hydrogen) atoms. The van der Waals surface area contributed by atoms with Crippen molar-refractivity contribution < 1.29 is 9.53 Å². The molecule has 0 aromatic heterocycles. The van der Waals surface area contributed by atoms with Gasteiger partial charge in [0.25, 0.3) is 0 Å². The predicted molar refractivity (Wildman–Crippen MR) is 66.8 cm³/mol. The van der Waals surface area contributed by atoms with E-state index in [1.807, 2.05) is 24.3 Å². The quantitative estimate of drug-likeness (QED) is 0.619. The number of rotatable bonds is 2. The summed E-state index contributed by atoms with van der Waals surface area (Å²) in [5.41, 5.74) is 1.53. The van der Waals surface area contributed by atoms with E-state index in [1.54, 1.807) is 6.26 Å². The number of carbonyl (C=O) groups is 1. The zero-order chi connectivity index (χ0) is 10.7. The van der Waals surface area contributed by atoms with E-state index in [1.165, 1.54) is 0 Å². The third-order valence-corrected chi connectivity index (χ3v) is 2.98. The highest BCUT2D eigenvalue weighted by Gasteiger charge is 2.15. The van der Waals surface area contributed by atoms with Crippen molar-refractivity contribution in [1.82, 2.24) is 0 Å². The number of ether oxygens (including phenoxy) is 1. The average molecular weight is 314 g/mol. The van der Waals surface area contributed by atoms with E-state index in [-0.39, 0.29) is 5.78 Å². The molecule has 0 fully saturated rings. The van der Waals surface area contributed by atoms with Gasteiger partial charge in [0.15, 0.2) is 5.78 Å². The molecule has 2 rings (SSSR count). The first-order chi connectivity index (χ1) is 7.27. The number of benzene rings is 1. The minimum atomic E-state index is 0.0909. The van der Waals surface area contributed by atoms with Crippen LogP contribution < -0.4 is 0 Å². The molecule has 1 heterocycles. The molecule has 0 spiro atoms. The van der Waals surface area contributed by atoms with Crippen molar-refractivity contribution in [3.63, 3.8) is 0 Å². The molecular weight excluding hydrogens is 303 g/mol. The van der Waals surface area contributed by atoms with Gasteiger partial charge in [0.1, 0.15) is 0 Å². The van der Waals surface area contributed by atoms with E-state index in [2.05, 4.69) is 22.6 Å². The molecule has 2 nitrogen and oxygen atoms in total. The molecule has 0 bridgehead atoms. The first-order valence-electron chi connectivity index (χ1n) is 4.88. The van der Waals surface area contributed by atoms with Crippen LogP contribution in [0.3, 0.4) is 0 Å². The second-order valence-electron chi connectivity index (χ2n) is 3.46. The Balaban J connectivity index is 2.24. The second-order valence-corrected chi connectivity index (χ2v) is 4.70. The fourth-order valence-corrected chi connectivity index (χ4v) is 2.09. The highest BCUT2D eigenvalue weighted by atomic mass is 127. The van der Waals surface area contributed by atoms with Gasteiger partial charge in [0, 0.05) is 14.7 Å². The Hall–Kier alpha value is -0.840. The molecule has 0 atom stereocenters. The molecule has 0 N–H and O–H groups in total. The van der Waals surface area contributed by atoms with Gasteiger partial charge in [-0.05, 0) is 47.6 Å². The number of halogens is 1. The molecule has 1 aliphatic rings. The maximum Gasteiger partial charge on any atom is 0.192 e. The highest BCUT2D eigenvalue weighted by Crippen LogP contribution is 2.18. The van der Waals surface area contributed by atoms with Crippen molar-refractivity contribution >= 4 is 28.4 Å². The summed E-state index contributed by atoms with van der Waals surface area (Å²) in [7, 11) is 0. The van der Waals surface area contributed by atoms with Crippen LogP contribution in [0.5, 0.6) is 0 Å². The molecular formula is C12H11IO2. The van der Waals surface area contributed by atoms with E-state index in [0.717, 1.165) is 34.2 Å². The van der Waals surface area contributed by atoms with Gasteiger partial charge in [0.05, 0.1) is 12.9 Å². The Kier molecular flexibility index (Phi) is 3.41. The molecule has 3 heteroatoms. The summed E-state index contributed by atoms with van der Waals surface area (Å²) in [6.07, 6.45) is 3.36. The summed E-state index contributed by atoms with van der Waals surface area (Å²) in [6.45, 7) is 0.725. The van der Waals surface area contributed by atoms with Gasteiger partial charge < -0.3 is 4.74 Å². The molecule has 1 aromatic carbocycles. The Morgan fingerprint density at radius 3 is 2.93 bits per heavy atom. The molecule has 0 saturated heterocycles. The van der Waals surface area contributed by atoms with E-state index in [4.69, 9.17) is 4.74 Å². The fourth-order valence-electron chi connectivity index (χ4n) is 1.55. The lowest BCUT2D eigenvalue weighted by molar-refractivity contribution is 0.101. The van der Waals surface area contributed by atoms with Gasteiger partial charge in [0.2, 0.25) is 0 Å². The van der Waals surface area contributed by atoms with Gasteiger partial charge in [-0.3, -0.25) is 4.79 Å². The van der Waals surface area contributed by atoms with Crippen LogP contribution in [0.2, 0.25) is 0 Å². The lowest BCUT2D eigenvalue weighted by Crippen LogP contribution is -2.09. The summed E-state index contributed by atoms with van der Waals surface area (Å²) in [6, 6.07) is 7.63. The van der Waals surface area contributed by atoms with E-state index in [9.17, 15) is 4.79 Å². The summed E-state index contributed by atoms with van der Waals surface area (Å²) in [5, 5.41) is 0. The molecule has 1 aliphatic heterocycles. The average Bonchev–Trinajstić information content (AvgIpc) is 2.29. The standard InChI is InChI=1S/C12H11IO2/c13-11-5-1-3-9(7-11)12(14)10-4-2-6-15-8-10/h1,3,5,7-8H,2,4,6H2. The lowest BCUT2D eigenvalue weighted by atomic mass is 10.00. The zero-order valence-electron chi connectivity index (χ0n) is 8.20. The minimum absolute atomic E-state index is 0.0909. The van der Waals surface area contributed by atoms with Gasteiger partial charge in [-0.15, -0.1) is 0 Å². The van der Waals surface area contributed by atoms with Crippen molar-refractivity contribution in [2.45, 2.75) is 12.8 Å². The van der Waals surface area contributed by atoms with Crippen molar-refractivity contribution in [2.75, 3.05) is 6.61 Å². The number of allylic oxidation sites excluding steroid dienone is 1. The van der Waals surface area contributed by atoms with Gasteiger partial charge >= 0.3 is 0 Å². The lowest BCUT2D eigenvalue weighted by Gasteiger charge is -2.12. The monoisotopic (exact) mass is 314 g/mol. The van der Waals surface area contributed by atoms with Gasteiger partial charge in [-0.25, -0.2) is 0 Å². The smallest absolute Gasteiger partial charge is 0.192 e. The Morgan fingerprint density at radius 1 is 1.40 bits per heavy atom. The molecule has 0 radical (unpaired) electrons. The third-order valence-electron chi connectivity index (χ3n) is 2.31. The van der Waals surface area contributed by atoms with E-state index >= 15 is 0 Å². The predicted octanol–water partition coefficient (Wildman–Crippen LogP) is 3.17. The molecule has 0 amide bonds. The SMILES string of the molecule is O=C(C1=COCCC1)c1cccc(I)c1. The summed E-state index contributed by atoms with van der Waals surface area (Å²) < 4.78 is 6.25.